The number of ether oxygens (including phenoxy) is 1. The van der Waals surface area contributed by atoms with Crippen molar-refractivity contribution in [1.82, 2.24) is 15.2 Å². The zero-order valence-electron chi connectivity index (χ0n) is 14.4. The average molecular weight is 340 g/mol. The molecule has 132 valence electrons. The van der Waals surface area contributed by atoms with Crippen LogP contribution in [0.25, 0.3) is 0 Å². The second-order valence-corrected chi connectivity index (χ2v) is 6.00. The van der Waals surface area contributed by atoms with Crippen molar-refractivity contribution in [3.63, 3.8) is 0 Å². The molecule has 0 amide bonds. The predicted octanol–water partition coefficient (Wildman–Crippen LogP) is 1.84. The van der Waals surface area contributed by atoms with Gasteiger partial charge < -0.3 is 20.1 Å². The molecule has 1 fully saturated rings. The van der Waals surface area contributed by atoms with Crippen molar-refractivity contribution in [2.45, 2.75) is 18.6 Å². The van der Waals surface area contributed by atoms with Crippen LogP contribution in [-0.2, 0) is 0 Å². The highest BCUT2D eigenvalue weighted by Gasteiger charge is 2.26. The fourth-order valence-corrected chi connectivity index (χ4v) is 2.92. The number of aromatic nitrogens is 1. The first-order chi connectivity index (χ1) is 12.3. The molecule has 3 rings (SSSR count). The van der Waals surface area contributed by atoms with Gasteiger partial charge in [-0.1, -0.05) is 36.4 Å². The van der Waals surface area contributed by atoms with Gasteiger partial charge in [-0.3, -0.25) is 4.99 Å². The Bertz CT molecular complexity index is 678. The summed E-state index contributed by atoms with van der Waals surface area (Å²) in [4.78, 5) is 10.7. The second kappa shape index (κ2) is 8.48. The van der Waals surface area contributed by atoms with Gasteiger partial charge in [-0.15, -0.1) is 0 Å². The van der Waals surface area contributed by atoms with Crippen LogP contribution in [0.2, 0.25) is 0 Å². The summed E-state index contributed by atoms with van der Waals surface area (Å²) in [7, 11) is 1.75. The number of likely N-dealkylation sites (tertiary alicyclic amines) is 1. The van der Waals surface area contributed by atoms with Crippen molar-refractivity contribution in [2.75, 3.05) is 26.7 Å². The summed E-state index contributed by atoms with van der Waals surface area (Å²) in [6, 6.07) is 15.3. The maximum atomic E-state index is 10.3. The van der Waals surface area contributed by atoms with Crippen LogP contribution in [-0.4, -0.2) is 53.7 Å². The largest absolute Gasteiger partial charge is 0.472 e. The molecule has 1 aromatic carbocycles. The number of aliphatic imine (C=N–C) groups is 1. The first-order valence-corrected chi connectivity index (χ1v) is 8.52. The topological polar surface area (TPSA) is 70.0 Å². The number of aliphatic hydroxyl groups excluding tert-OH is 1. The standard InChI is InChI=1S/C19H24N4O2/c1-20-19(22-13-17(24)15-7-3-2-4-8-15)23-12-10-16(14-23)25-18-9-5-6-11-21-18/h2-9,11,16-17,24H,10,12-14H2,1H3,(H,20,22). The molecule has 2 N–H and O–H groups in total. The Morgan fingerprint density at radius 1 is 1.32 bits per heavy atom. The summed E-state index contributed by atoms with van der Waals surface area (Å²) in [5.74, 6) is 1.43. The average Bonchev–Trinajstić information content (AvgIpc) is 3.12. The number of rotatable bonds is 5. The number of benzene rings is 1. The number of nitrogens with zero attached hydrogens (tertiary/aromatic N) is 3. The van der Waals surface area contributed by atoms with Gasteiger partial charge in [0.1, 0.15) is 6.10 Å². The predicted molar refractivity (Wildman–Crippen MR) is 97.6 cm³/mol. The van der Waals surface area contributed by atoms with Gasteiger partial charge in [0.25, 0.3) is 0 Å². The molecule has 0 radical (unpaired) electrons. The lowest BCUT2D eigenvalue weighted by molar-refractivity contribution is 0.179. The monoisotopic (exact) mass is 340 g/mol. The van der Waals surface area contributed by atoms with E-state index in [2.05, 4.69) is 20.2 Å². The summed E-state index contributed by atoms with van der Waals surface area (Å²) in [5.41, 5.74) is 0.892. The van der Waals surface area contributed by atoms with E-state index in [0.29, 0.717) is 12.4 Å². The Hall–Kier alpha value is -2.60. The summed E-state index contributed by atoms with van der Waals surface area (Å²) >= 11 is 0. The lowest BCUT2D eigenvalue weighted by Gasteiger charge is -2.23. The van der Waals surface area contributed by atoms with E-state index in [0.717, 1.165) is 31.0 Å². The lowest BCUT2D eigenvalue weighted by atomic mass is 10.1. The van der Waals surface area contributed by atoms with Crippen molar-refractivity contribution < 1.29 is 9.84 Å². The first kappa shape index (κ1) is 17.2. The molecule has 0 saturated carbocycles. The SMILES string of the molecule is CN=C(NCC(O)c1ccccc1)N1CCC(Oc2ccccn2)C1. The number of aliphatic hydroxyl groups is 1. The van der Waals surface area contributed by atoms with Gasteiger partial charge in [0.15, 0.2) is 5.96 Å². The van der Waals surface area contributed by atoms with Gasteiger partial charge in [0.2, 0.25) is 5.88 Å². The Morgan fingerprint density at radius 2 is 2.12 bits per heavy atom. The third kappa shape index (κ3) is 4.70. The molecule has 1 aliphatic heterocycles. The molecule has 2 atom stereocenters. The smallest absolute Gasteiger partial charge is 0.213 e. The van der Waals surface area contributed by atoms with Gasteiger partial charge in [0, 0.05) is 38.8 Å². The number of nitrogens with one attached hydrogen (secondary N) is 1. The normalized spacial score (nSPS) is 18.9. The van der Waals surface area contributed by atoms with Crippen molar-refractivity contribution in [3.8, 4) is 5.88 Å². The maximum Gasteiger partial charge on any atom is 0.213 e. The van der Waals surface area contributed by atoms with Gasteiger partial charge in [-0.05, 0) is 11.6 Å². The van der Waals surface area contributed by atoms with Crippen LogP contribution in [0.4, 0.5) is 0 Å². The van der Waals surface area contributed by atoms with E-state index < -0.39 is 6.10 Å². The zero-order valence-corrected chi connectivity index (χ0v) is 14.4. The molecular formula is C19H24N4O2. The Morgan fingerprint density at radius 3 is 2.84 bits per heavy atom. The minimum atomic E-state index is -0.568. The van der Waals surface area contributed by atoms with E-state index in [1.54, 1.807) is 13.2 Å². The highest BCUT2D eigenvalue weighted by atomic mass is 16.5. The fraction of sp³-hybridized carbons (Fsp3) is 0.368. The molecule has 6 heteroatoms. The van der Waals surface area contributed by atoms with Crippen molar-refractivity contribution in [2.24, 2.45) is 4.99 Å². The van der Waals surface area contributed by atoms with Gasteiger partial charge in [0.05, 0.1) is 12.6 Å². The highest BCUT2D eigenvalue weighted by Crippen LogP contribution is 2.16. The molecule has 25 heavy (non-hydrogen) atoms. The zero-order chi connectivity index (χ0) is 17.5. The summed E-state index contributed by atoms with van der Waals surface area (Å²) in [6.45, 7) is 2.02. The molecule has 0 aliphatic carbocycles. The molecule has 0 bridgehead atoms. The van der Waals surface area contributed by atoms with Gasteiger partial charge >= 0.3 is 0 Å². The quantitative estimate of drug-likeness (QED) is 0.642. The van der Waals surface area contributed by atoms with Gasteiger partial charge in [-0.2, -0.15) is 0 Å². The fourth-order valence-electron chi connectivity index (χ4n) is 2.92. The summed E-state index contributed by atoms with van der Waals surface area (Å²) in [5, 5.41) is 13.5. The maximum absolute atomic E-state index is 10.3. The minimum Gasteiger partial charge on any atom is -0.472 e. The molecule has 1 aliphatic rings. The Labute approximate surface area is 148 Å². The number of hydrogen-bond acceptors (Lipinski definition) is 4. The third-order valence-corrected chi connectivity index (χ3v) is 4.22. The van der Waals surface area contributed by atoms with Crippen LogP contribution in [0.15, 0.2) is 59.7 Å². The second-order valence-electron chi connectivity index (χ2n) is 6.00. The van der Waals surface area contributed by atoms with Crippen molar-refractivity contribution in [1.29, 1.82) is 0 Å². The number of pyridine rings is 1. The third-order valence-electron chi connectivity index (χ3n) is 4.22. The summed E-state index contributed by atoms with van der Waals surface area (Å²) < 4.78 is 5.91. The van der Waals surface area contributed by atoms with Crippen molar-refractivity contribution >= 4 is 5.96 Å². The van der Waals surface area contributed by atoms with E-state index in [1.807, 2.05) is 48.5 Å². The molecule has 6 nitrogen and oxygen atoms in total. The van der Waals surface area contributed by atoms with Crippen LogP contribution in [0, 0.1) is 0 Å². The lowest BCUT2D eigenvalue weighted by Crippen LogP contribution is -2.42. The van der Waals surface area contributed by atoms with Crippen LogP contribution in [0.5, 0.6) is 5.88 Å². The van der Waals surface area contributed by atoms with E-state index in [-0.39, 0.29) is 6.10 Å². The Balaban J connectivity index is 1.50. The molecule has 0 spiro atoms. The molecule has 2 unspecified atom stereocenters. The summed E-state index contributed by atoms with van der Waals surface area (Å²) in [6.07, 6.45) is 2.17. The highest BCUT2D eigenvalue weighted by molar-refractivity contribution is 5.80. The van der Waals surface area contributed by atoms with E-state index in [1.165, 1.54) is 0 Å². The first-order valence-electron chi connectivity index (χ1n) is 8.52. The molecule has 2 heterocycles. The van der Waals surface area contributed by atoms with Crippen molar-refractivity contribution in [3.05, 3.63) is 60.3 Å². The Kier molecular flexibility index (Phi) is 5.85. The minimum absolute atomic E-state index is 0.0903. The van der Waals surface area contributed by atoms with Crippen LogP contribution >= 0.6 is 0 Å². The van der Waals surface area contributed by atoms with Crippen LogP contribution < -0.4 is 10.1 Å². The van der Waals surface area contributed by atoms with E-state index in [4.69, 9.17) is 4.74 Å². The molecular weight excluding hydrogens is 316 g/mol. The number of hydrogen-bond donors (Lipinski definition) is 2. The van der Waals surface area contributed by atoms with E-state index in [9.17, 15) is 5.11 Å². The number of guanidine groups is 1. The molecule has 1 aromatic heterocycles. The van der Waals surface area contributed by atoms with Gasteiger partial charge in [-0.25, -0.2) is 4.98 Å². The van der Waals surface area contributed by atoms with Crippen LogP contribution in [0.1, 0.15) is 18.1 Å². The molecule has 1 saturated heterocycles. The molecule has 2 aromatic rings. The van der Waals surface area contributed by atoms with E-state index >= 15 is 0 Å². The van der Waals surface area contributed by atoms with Crippen LogP contribution in [0.3, 0.4) is 0 Å².